The van der Waals surface area contributed by atoms with Gasteiger partial charge in [0.05, 0.1) is 26.2 Å². The second-order valence-electron chi connectivity index (χ2n) is 3.41. The van der Waals surface area contributed by atoms with Gasteiger partial charge in [0.1, 0.15) is 0 Å². The molecule has 0 aromatic heterocycles. The standard InChI is InChI=1S/C10H23IN.HI/c1-4-12(5-2,6-3)10-8-7-9-11;/h4-10H2,1-3H3;1H/q+1;/p-1. The summed E-state index contributed by atoms with van der Waals surface area (Å²) in [5, 5.41) is 0. The average Bonchev–Trinajstić information content (AvgIpc) is 2.14. The molecule has 1 nitrogen and oxygen atoms in total. The van der Waals surface area contributed by atoms with E-state index >= 15 is 0 Å². The molecular formula is C10H23I2N. The summed E-state index contributed by atoms with van der Waals surface area (Å²) in [6.45, 7) is 12.2. The zero-order chi connectivity index (χ0) is 9.45. The predicted octanol–water partition coefficient (Wildman–Crippen LogP) is 0.0821. The van der Waals surface area contributed by atoms with Crippen LogP contribution in [0.2, 0.25) is 0 Å². The SMILES string of the molecule is CC[N+](CC)(CC)CCCCI.[I-]. The molecule has 0 heterocycles. The summed E-state index contributed by atoms with van der Waals surface area (Å²) in [5.74, 6) is 0. The lowest BCUT2D eigenvalue weighted by Crippen LogP contribution is -3.00. The average molecular weight is 411 g/mol. The Morgan fingerprint density at radius 3 is 1.69 bits per heavy atom. The van der Waals surface area contributed by atoms with Gasteiger partial charge in [0.25, 0.3) is 0 Å². The molecule has 0 N–H and O–H groups in total. The van der Waals surface area contributed by atoms with E-state index in [0.717, 1.165) is 0 Å². The molecule has 0 unspecified atom stereocenters. The van der Waals surface area contributed by atoms with Crippen molar-refractivity contribution in [3.8, 4) is 0 Å². The predicted molar refractivity (Wildman–Crippen MR) is 64.9 cm³/mol. The summed E-state index contributed by atoms with van der Waals surface area (Å²) >= 11 is 2.47. The molecule has 0 saturated carbocycles. The van der Waals surface area contributed by atoms with Crippen LogP contribution in [0.25, 0.3) is 0 Å². The molecule has 0 spiro atoms. The van der Waals surface area contributed by atoms with Gasteiger partial charge in [-0.15, -0.1) is 0 Å². The first-order valence-corrected chi connectivity index (χ1v) is 6.68. The summed E-state index contributed by atoms with van der Waals surface area (Å²) in [5.41, 5.74) is 0. The third kappa shape index (κ3) is 6.49. The monoisotopic (exact) mass is 411 g/mol. The van der Waals surface area contributed by atoms with E-state index in [2.05, 4.69) is 43.4 Å². The first-order valence-electron chi connectivity index (χ1n) is 5.15. The molecule has 0 aliphatic carbocycles. The lowest BCUT2D eigenvalue weighted by molar-refractivity contribution is -0.923. The molecule has 13 heavy (non-hydrogen) atoms. The smallest absolute Gasteiger partial charge is 0.0786 e. The van der Waals surface area contributed by atoms with Gasteiger partial charge in [0.2, 0.25) is 0 Å². The lowest BCUT2D eigenvalue weighted by atomic mass is 10.2. The molecule has 0 saturated heterocycles. The van der Waals surface area contributed by atoms with E-state index in [1.807, 2.05) is 0 Å². The number of alkyl halides is 1. The van der Waals surface area contributed by atoms with Crippen LogP contribution in [0.4, 0.5) is 0 Å². The van der Waals surface area contributed by atoms with Gasteiger partial charge in [-0.1, -0.05) is 22.6 Å². The van der Waals surface area contributed by atoms with Crippen LogP contribution in [-0.2, 0) is 0 Å². The van der Waals surface area contributed by atoms with Gasteiger partial charge in [0.15, 0.2) is 0 Å². The van der Waals surface area contributed by atoms with Crippen molar-refractivity contribution in [1.29, 1.82) is 0 Å². The number of hydrogen-bond donors (Lipinski definition) is 0. The largest absolute Gasteiger partial charge is 1.00 e. The summed E-state index contributed by atoms with van der Waals surface area (Å²) in [6, 6.07) is 0. The number of hydrogen-bond acceptors (Lipinski definition) is 0. The highest BCUT2D eigenvalue weighted by Gasteiger charge is 2.18. The van der Waals surface area contributed by atoms with Crippen LogP contribution in [0.15, 0.2) is 0 Å². The quantitative estimate of drug-likeness (QED) is 0.241. The number of halogens is 2. The van der Waals surface area contributed by atoms with E-state index in [9.17, 15) is 0 Å². The molecule has 0 rings (SSSR count). The molecule has 0 aromatic carbocycles. The normalized spacial score (nSPS) is 11.1. The fourth-order valence-corrected chi connectivity index (χ4v) is 2.23. The lowest BCUT2D eigenvalue weighted by Gasteiger charge is -2.35. The van der Waals surface area contributed by atoms with Gasteiger partial charge >= 0.3 is 0 Å². The second kappa shape index (κ2) is 9.96. The van der Waals surface area contributed by atoms with Crippen LogP contribution < -0.4 is 24.0 Å². The van der Waals surface area contributed by atoms with E-state index in [-0.39, 0.29) is 24.0 Å². The Morgan fingerprint density at radius 2 is 1.38 bits per heavy atom. The Kier molecular flexibility index (Phi) is 12.9. The maximum Gasteiger partial charge on any atom is 0.0786 e. The number of rotatable bonds is 7. The summed E-state index contributed by atoms with van der Waals surface area (Å²) < 4.78 is 2.63. The molecule has 82 valence electrons. The highest BCUT2D eigenvalue weighted by molar-refractivity contribution is 14.1. The fourth-order valence-electron chi connectivity index (χ4n) is 1.69. The summed E-state index contributed by atoms with van der Waals surface area (Å²) in [7, 11) is 0. The van der Waals surface area contributed by atoms with Crippen molar-refractivity contribution in [2.24, 2.45) is 0 Å². The van der Waals surface area contributed by atoms with E-state index < -0.39 is 0 Å². The van der Waals surface area contributed by atoms with Crippen LogP contribution in [0.1, 0.15) is 33.6 Å². The van der Waals surface area contributed by atoms with Crippen molar-refractivity contribution in [2.45, 2.75) is 33.6 Å². The molecular weight excluding hydrogens is 388 g/mol. The fraction of sp³-hybridized carbons (Fsp3) is 1.00. The Bertz CT molecular complexity index is 94.8. The van der Waals surface area contributed by atoms with Crippen molar-refractivity contribution in [3.05, 3.63) is 0 Å². The second-order valence-corrected chi connectivity index (χ2v) is 4.49. The molecule has 0 radical (unpaired) electrons. The van der Waals surface area contributed by atoms with Crippen molar-refractivity contribution in [1.82, 2.24) is 0 Å². The molecule has 3 heteroatoms. The van der Waals surface area contributed by atoms with Crippen molar-refractivity contribution in [2.75, 3.05) is 30.6 Å². The van der Waals surface area contributed by atoms with E-state index in [4.69, 9.17) is 0 Å². The minimum Gasteiger partial charge on any atom is -1.00 e. The summed E-state index contributed by atoms with van der Waals surface area (Å²) in [6.07, 6.45) is 2.79. The Hall–Kier alpha value is 1.42. The first kappa shape index (κ1) is 16.8. The van der Waals surface area contributed by atoms with Gasteiger partial charge < -0.3 is 28.5 Å². The van der Waals surface area contributed by atoms with Crippen molar-refractivity contribution in [3.63, 3.8) is 0 Å². The van der Waals surface area contributed by atoms with E-state index in [1.54, 1.807) is 0 Å². The van der Waals surface area contributed by atoms with Gasteiger partial charge in [0, 0.05) is 0 Å². The topological polar surface area (TPSA) is 0 Å². The molecule has 0 atom stereocenters. The summed E-state index contributed by atoms with van der Waals surface area (Å²) in [4.78, 5) is 0. The number of unbranched alkanes of at least 4 members (excludes halogenated alkanes) is 1. The Labute approximate surface area is 114 Å². The highest BCUT2D eigenvalue weighted by atomic mass is 127. The van der Waals surface area contributed by atoms with Gasteiger partial charge in [-0.2, -0.15) is 0 Å². The third-order valence-electron chi connectivity index (χ3n) is 3.03. The zero-order valence-electron chi connectivity index (χ0n) is 9.15. The van der Waals surface area contributed by atoms with Crippen LogP contribution in [0.3, 0.4) is 0 Å². The van der Waals surface area contributed by atoms with Crippen LogP contribution in [0, 0.1) is 0 Å². The van der Waals surface area contributed by atoms with E-state index in [0.29, 0.717) is 0 Å². The molecule has 0 amide bonds. The Morgan fingerprint density at radius 1 is 0.923 bits per heavy atom. The molecule has 0 bridgehead atoms. The van der Waals surface area contributed by atoms with Crippen LogP contribution >= 0.6 is 22.6 Å². The molecule has 0 aliphatic heterocycles. The number of quaternary nitrogens is 1. The van der Waals surface area contributed by atoms with Gasteiger partial charge in [-0.05, 0) is 38.0 Å². The highest BCUT2D eigenvalue weighted by Crippen LogP contribution is 2.08. The third-order valence-corrected chi connectivity index (χ3v) is 3.79. The van der Waals surface area contributed by atoms with Crippen LogP contribution in [0.5, 0.6) is 0 Å². The van der Waals surface area contributed by atoms with Crippen molar-refractivity contribution < 1.29 is 28.5 Å². The first-order chi connectivity index (χ1) is 5.74. The molecule has 0 aliphatic rings. The van der Waals surface area contributed by atoms with Gasteiger partial charge in [-0.25, -0.2) is 0 Å². The maximum atomic E-state index is 2.47. The minimum absolute atomic E-state index is 0. The van der Waals surface area contributed by atoms with Gasteiger partial charge in [-0.3, -0.25) is 0 Å². The zero-order valence-corrected chi connectivity index (χ0v) is 13.5. The Balaban J connectivity index is 0. The maximum absolute atomic E-state index is 2.47. The molecule has 0 fully saturated rings. The van der Waals surface area contributed by atoms with Crippen LogP contribution in [-0.4, -0.2) is 35.1 Å². The number of nitrogens with zero attached hydrogens (tertiary/aromatic N) is 1. The molecule has 0 aromatic rings. The van der Waals surface area contributed by atoms with E-state index in [1.165, 1.54) is 47.9 Å². The minimum atomic E-state index is 0. The van der Waals surface area contributed by atoms with Crippen molar-refractivity contribution >= 4 is 22.6 Å².